The van der Waals surface area contributed by atoms with E-state index in [0.717, 1.165) is 12.1 Å². The molecule has 1 aromatic heterocycles. The normalized spacial score (nSPS) is 11.0. The molecule has 0 amide bonds. The first-order valence-corrected chi connectivity index (χ1v) is 6.51. The molecule has 0 bridgehead atoms. The number of aryl methyl sites for hydroxylation is 1. The summed E-state index contributed by atoms with van der Waals surface area (Å²) in [6.07, 6.45) is 0.587. The van der Waals surface area contributed by atoms with Gasteiger partial charge in [-0.2, -0.15) is 4.98 Å². The molecule has 20 heavy (non-hydrogen) atoms. The lowest BCUT2D eigenvalue weighted by Gasteiger charge is -2.10. The van der Waals surface area contributed by atoms with E-state index in [1.807, 2.05) is 38.1 Å². The van der Waals surface area contributed by atoms with Gasteiger partial charge in [-0.05, 0) is 26.6 Å². The molecule has 106 valence electrons. The fourth-order valence-electron chi connectivity index (χ4n) is 1.94. The van der Waals surface area contributed by atoms with Crippen molar-refractivity contribution < 1.29 is 5.11 Å². The van der Waals surface area contributed by atoms with Gasteiger partial charge < -0.3 is 15.0 Å². The van der Waals surface area contributed by atoms with Crippen molar-refractivity contribution in [2.45, 2.75) is 13.3 Å². The van der Waals surface area contributed by atoms with Gasteiger partial charge in [0.2, 0.25) is 5.88 Å². The number of benzene rings is 1. The van der Waals surface area contributed by atoms with Gasteiger partial charge in [-0.3, -0.25) is 4.79 Å². The van der Waals surface area contributed by atoms with Crippen molar-refractivity contribution in [3.63, 3.8) is 0 Å². The molecule has 1 aromatic carbocycles. The van der Waals surface area contributed by atoms with Crippen molar-refractivity contribution in [2.24, 2.45) is 0 Å². The summed E-state index contributed by atoms with van der Waals surface area (Å²) < 4.78 is 0. The molecule has 0 atom stereocenters. The van der Waals surface area contributed by atoms with E-state index in [9.17, 15) is 9.90 Å². The Kier molecular flexibility index (Phi) is 4.20. The maximum Gasteiger partial charge on any atom is 0.262 e. The molecule has 2 aromatic rings. The number of aromatic hydroxyl groups is 1. The monoisotopic (exact) mass is 273 g/mol. The van der Waals surface area contributed by atoms with Crippen LogP contribution in [0.15, 0.2) is 29.1 Å². The molecule has 2 rings (SSSR count). The third-order valence-corrected chi connectivity index (χ3v) is 3.09. The summed E-state index contributed by atoms with van der Waals surface area (Å²) in [6, 6.07) is 7.41. The number of aromatic amines is 1. The molecule has 0 saturated heterocycles. The Morgan fingerprint density at radius 2 is 1.90 bits per heavy atom. The minimum absolute atomic E-state index is 0.216. The third kappa shape index (κ3) is 3.24. The zero-order chi connectivity index (χ0) is 14.7. The average Bonchev–Trinajstić information content (AvgIpc) is 2.38. The first-order valence-electron chi connectivity index (χ1n) is 6.51. The van der Waals surface area contributed by atoms with Crippen LogP contribution >= 0.6 is 0 Å². The van der Waals surface area contributed by atoms with Gasteiger partial charge in [-0.15, -0.1) is 0 Å². The summed E-state index contributed by atoms with van der Waals surface area (Å²) in [5.41, 5.74) is 1.68. The Balaban J connectivity index is 2.36. The molecule has 1 heterocycles. The maximum absolute atomic E-state index is 12.1. The highest BCUT2D eigenvalue weighted by atomic mass is 16.3. The van der Waals surface area contributed by atoms with Crippen molar-refractivity contribution in [1.29, 1.82) is 0 Å². The Labute approximate surface area is 117 Å². The second-order valence-corrected chi connectivity index (χ2v) is 5.13. The number of nitrogens with one attached hydrogen (secondary N) is 1. The topological polar surface area (TPSA) is 69.2 Å². The predicted octanol–water partition coefficient (Wildman–Crippen LogP) is 1.56. The van der Waals surface area contributed by atoms with Crippen molar-refractivity contribution in [3.8, 4) is 17.0 Å². The van der Waals surface area contributed by atoms with Crippen LogP contribution in [0.3, 0.4) is 0 Å². The number of hydrogen-bond acceptors (Lipinski definition) is 4. The lowest BCUT2D eigenvalue weighted by Crippen LogP contribution is -2.20. The van der Waals surface area contributed by atoms with Crippen LogP contribution in [0.2, 0.25) is 0 Å². The zero-order valence-corrected chi connectivity index (χ0v) is 12.0. The maximum atomic E-state index is 12.1. The number of rotatable bonds is 4. The first-order chi connectivity index (χ1) is 9.47. The van der Waals surface area contributed by atoms with Gasteiger partial charge in [-0.1, -0.05) is 29.8 Å². The Morgan fingerprint density at radius 1 is 1.25 bits per heavy atom. The third-order valence-electron chi connectivity index (χ3n) is 3.09. The van der Waals surface area contributed by atoms with E-state index in [1.165, 1.54) is 0 Å². The van der Waals surface area contributed by atoms with E-state index in [4.69, 9.17) is 0 Å². The molecule has 2 N–H and O–H groups in total. The largest absolute Gasteiger partial charge is 0.493 e. The molecule has 0 saturated carbocycles. The number of H-pyrrole nitrogens is 1. The Bertz CT molecular complexity index is 645. The van der Waals surface area contributed by atoms with Crippen LogP contribution in [0, 0.1) is 6.92 Å². The van der Waals surface area contributed by atoms with E-state index in [1.54, 1.807) is 12.1 Å². The SMILES string of the molecule is Cc1ccc(-c2c(O)nc(CCN(C)C)[nH]c2=O)cc1. The summed E-state index contributed by atoms with van der Waals surface area (Å²) in [7, 11) is 3.89. The Morgan fingerprint density at radius 3 is 2.45 bits per heavy atom. The molecule has 0 unspecified atom stereocenters. The van der Waals surface area contributed by atoms with E-state index >= 15 is 0 Å². The summed E-state index contributed by atoms with van der Waals surface area (Å²) in [6.45, 7) is 2.72. The number of aromatic nitrogens is 2. The smallest absolute Gasteiger partial charge is 0.262 e. The fraction of sp³-hybridized carbons (Fsp3) is 0.333. The summed E-state index contributed by atoms with van der Waals surface area (Å²) >= 11 is 0. The van der Waals surface area contributed by atoms with Crippen molar-refractivity contribution in [1.82, 2.24) is 14.9 Å². The molecule has 0 spiro atoms. The van der Waals surface area contributed by atoms with Crippen molar-refractivity contribution in [2.75, 3.05) is 20.6 Å². The highest BCUT2D eigenvalue weighted by Crippen LogP contribution is 2.23. The average molecular weight is 273 g/mol. The minimum Gasteiger partial charge on any atom is -0.493 e. The fourth-order valence-corrected chi connectivity index (χ4v) is 1.94. The lowest BCUT2D eigenvalue weighted by atomic mass is 10.1. The number of likely N-dealkylation sites (N-methyl/N-ethyl adjacent to an activating group) is 1. The molecule has 0 aliphatic rings. The molecule has 0 aliphatic heterocycles. The number of hydrogen-bond donors (Lipinski definition) is 2. The second kappa shape index (κ2) is 5.88. The molecule has 0 radical (unpaired) electrons. The van der Waals surface area contributed by atoms with Gasteiger partial charge in [0.1, 0.15) is 11.4 Å². The molecular weight excluding hydrogens is 254 g/mol. The van der Waals surface area contributed by atoms with E-state index in [2.05, 4.69) is 9.97 Å². The van der Waals surface area contributed by atoms with Gasteiger partial charge in [0.25, 0.3) is 5.56 Å². The summed E-state index contributed by atoms with van der Waals surface area (Å²) in [4.78, 5) is 20.9. The summed E-state index contributed by atoms with van der Waals surface area (Å²) in [5, 5.41) is 10.0. The van der Waals surface area contributed by atoms with E-state index < -0.39 is 0 Å². The Hall–Kier alpha value is -2.14. The highest BCUT2D eigenvalue weighted by molar-refractivity contribution is 5.67. The molecular formula is C15H19N3O2. The van der Waals surface area contributed by atoms with Crippen LogP contribution in [-0.4, -0.2) is 40.6 Å². The van der Waals surface area contributed by atoms with Crippen LogP contribution in [0.4, 0.5) is 0 Å². The molecule has 0 fully saturated rings. The van der Waals surface area contributed by atoms with Crippen molar-refractivity contribution >= 4 is 0 Å². The van der Waals surface area contributed by atoms with Gasteiger partial charge in [0.05, 0.1) is 0 Å². The standard InChI is InChI=1S/C15H19N3O2/c1-10-4-6-11(7-5-10)13-14(19)16-12(17-15(13)20)8-9-18(2)3/h4-7H,8-9H2,1-3H3,(H2,16,17,19,20). The lowest BCUT2D eigenvalue weighted by molar-refractivity contribution is 0.404. The minimum atomic E-state index is -0.310. The highest BCUT2D eigenvalue weighted by Gasteiger charge is 2.12. The van der Waals surface area contributed by atoms with Gasteiger partial charge >= 0.3 is 0 Å². The van der Waals surface area contributed by atoms with Crippen LogP contribution in [-0.2, 0) is 6.42 Å². The van der Waals surface area contributed by atoms with Gasteiger partial charge in [0.15, 0.2) is 0 Å². The summed E-state index contributed by atoms with van der Waals surface area (Å²) in [5.74, 6) is 0.281. The van der Waals surface area contributed by atoms with Gasteiger partial charge in [0, 0.05) is 13.0 Å². The van der Waals surface area contributed by atoms with Crippen LogP contribution in [0.25, 0.3) is 11.1 Å². The van der Waals surface area contributed by atoms with Crippen molar-refractivity contribution in [3.05, 3.63) is 46.0 Å². The van der Waals surface area contributed by atoms with Crippen LogP contribution in [0.5, 0.6) is 5.88 Å². The van der Waals surface area contributed by atoms with Crippen LogP contribution < -0.4 is 5.56 Å². The molecule has 5 nitrogen and oxygen atoms in total. The zero-order valence-electron chi connectivity index (χ0n) is 12.0. The van der Waals surface area contributed by atoms with Gasteiger partial charge in [-0.25, -0.2) is 0 Å². The number of nitrogens with zero attached hydrogens (tertiary/aromatic N) is 2. The van der Waals surface area contributed by atoms with E-state index in [0.29, 0.717) is 17.8 Å². The second-order valence-electron chi connectivity index (χ2n) is 5.13. The molecule has 0 aliphatic carbocycles. The predicted molar refractivity (Wildman–Crippen MR) is 79.0 cm³/mol. The molecule has 5 heteroatoms. The first kappa shape index (κ1) is 14.3. The van der Waals surface area contributed by atoms with E-state index in [-0.39, 0.29) is 17.0 Å². The van der Waals surface area contributed by atoms with Crippen LogP contribution in [0.1, 0.15) is 11.4 Å². The quantitative estimate of drug-likeness (QED) is 0.887.